The number of unbranched alkanes of at least 4 members (excludes halogenated alkanes) is 14. The van der Waals surface area contributed by atoms with E-state index >= 15 is 0 Å². The van der Waals surface area contributed by atoms with Gasteiger partial charge >= 0.3 is 0 Å². The van der Waals surface area contributed by atoms with Crippen molar-refractivity contribution in [1.82, 2.24) is 5.32 Å². The quantitative estimate of drug-likeness (QED) is 0.132. The summed E-state index contributed by atoms with van der Waals surface area (Å²) in [6, 6.07) is 17.6. The van der Waals surface area contributed by atoms with E-state index in [1.165, 1.54) is 83.5 Å². The molecule has 0 atom stereocenters. The highest BCUT2D eigenvalue weighted by molar-refractivity contribution is 6.09. The maximum atomic E-state index is 12.7. The number of carbonyl (C=O) groups excluding carboxylic acids is 2. The minimum atomic E-state index is -0.395. The van der Waals surface area contributed by atoms with Crippen molar-refractivity contribution >= 4 is 28.3 Å². The van der Waals surface area contributed by atoms with Crippen molar-refractivity contribution in [2.75, 3.05) is 11.9 Å². The Balaban J connectivity index is 1.31. The number of carbonyl (C=O) groups is 2. The van der Waals surface area contributed by atoms with E-state index in [0.717, 1.165) is 23.6 Å². The first-order chi connectivity index (χ1) is 19.6. The predicted molar refractivity (Wildman–Crippen MR) is 167 cm³/mol. The number of nitrogens with one attached hydrogen (secondary N) is 2. The fourth-order valence-corrected chi connectivity index (χ4v) is 5.13. The molecule has 5 nitrogen and oxygen atoms in total. The molecule has 0 bridgehead atoms. The van der Waals surface area contributed by atoms with E-state index in [1.807, 2.05) is 18.2 Å². The number of hydrogen-bond donors (Lipinski definition) is 3. The summed E-state index contributed by atoms with van der Waals surface area (Å²) in [7, 11) is 0. The smallest absolute Gasteiger partial charge is 0.259 e. The molecule has 3 rings (SSSR count). The summed E-state index contributed by atoms with van der Waals surface area (Å²) < 4.78 is 0. The topological polar surface area (TPSA) is 78.4 Å². The van der Waals surface area contributed by atoms with Gasteiger partial charge in [-0.2, -0.15) is 0 Å². The number of hydrogen-bond acceptors (Lipinski definition) is 3. The van der Waals surface area contributed by atoms with Crippen LogP contribution >= 0.6 is 0 Å². The molecule has 0 aliphatic heterocycles. The summed E-state index contributed by atoms with van der Waals surface area (Å²) >= 11 is 0. The lowest BCUT2D eigenvalue weighted by atomic mass is 10.0. The molecule has 0 aliphatic carbocycles. The zero-order valence-electron chi connectivity index (χ0n) is 24.4. The van der Waals surface area contributed by atoms with Crippen molar-refractivity contribution in [3.8, 4) is 5.75 Å². The van der Waals surface area contributed by atoms with Crippen LogP contribution in [0.5, 0.6) is 5.75 Å². The van der Waals surface area contributed by atoms with Gasteiger partial charge in [-0.1, -0.05) is 121 Å². The van der Waals surface area contributed by atoms with Crippen molar-refractivity contribution in [3.63, 3.8) is 0 Å². The second-order valence-electron chi connectivity index (χ2n) is 11.0. The van der Waals surface area contributed by atoms with Gasteiger partial charge in [0.25, 0.3) is 11.8 Å². The van der Waals surface area contributed by atoms with Crippen molar-refractivity contribution in [3.05, 3.63) is 71.8 Å². The third-order valence-corrected chi connectivity index (χ3v) is 7.56. The lowest BCUT2D eigenvalue weighted by Gasteiger charge is -2.10. The van der Waals surface area contributed by atoms with E-state index in [-0.39, 0.29) is 17.2 Å². The van der Waals surface area contributed by atoms with Crippen LogP contribution in [-0.4, -0.2) is 23.5 Å². The molecule has 0 fully saturated rings. The number of phenols is 1. The van der Waals surface area contributed by atoms with Gasteiger partial charge in [-0.3, -0.25) is 9.59 Å². The van der Waals surface area contributed by atoms with Gasteiger partial charge in [-0.25, -0.2) is 0 Å². The monoisotopic (exact) mass is 544 g/mol. The Morgan fingerprint density at radius 1 is 0.625 bits per heavy atom. The molecule has 5 heteroatoms. The van der Waals surface area contributed by atoms with E-state index in [4.69, 9.17) is 0 Å². The molecule has 0 radical (unpaired) electrons. The number of rotatable bonds is 19. The van der Waals surface area contributed by atoms with Gasteiger partial charge in [0.2, 0.25) is 0 Å². The fourth-order valence-electron chi connectivity index (χ4n) is 5.13. The van der Waals surface area contributed by atoms with Gasteiger partial charge in [0.15, 0.2) is 0 Å². The maximum absolute atomic E-state index is 12.7. The zero-order valence-corrected chi connectivity index (χ0v) is 24.4. The van der Waals surface area contributed by atoms with Gasteiger partial charge in [-0.15, -0.1) is 0 Å². The second-order valence-corrected chi connectivity index (χ2v) is 11.0. The van der Waals surface area contributed by atoms with Gasteiger partial charge in [0.05, 0.1) is 5.56 Å². The molecule has 40 heavy (non-hydrogen) atoms. The first kappa shape index (κ1) is 31.2. The summed E-state index contributed by atoms with van der Waals surface area (Å²) in [5.74, 6) is -0.601. The molecular weight excluding hydrogens is 496 g/mol. The predicted octanol–water partition coefficient (Wildman–Crippen LogP) is 9.40. The van der Waals surface area contributed by atoms with E-state index in [2.05, 4.69) is 17.6 Å². The van der Waals surface area contributed by atoms with Crippen LogP contribution in [0.3, 0.4) is 0 Å². The van der Waals surface area contributed by atoms with E-state index < -0.39 is 5.91 Å². The lowest BCUT2D eigenvalue weighted by Crippen LogP contribution is -2.24. The standard InChI is InChI=1S/C35H48N2O3/c1-2-3-4-5-6-7-8-9-10-11-12-13-14-15-19-24-36-34(39)29-23-22-28-27-33(38)32(26-30(28)25-29)35(40)37-31-20-17-16-18-21-31/h16-18,20-23,25-27,38H,2-15,19,24H2,1H3,(H,36,39)(H,37,40). The maximum Gasteiger partial charge on any atom is 0.259 e. The number of para-hydroxylation sites is 1. The highest BCUT2D eigenvalue weighted by atomic mass is 16.3. The number of anilines is 1. The van der Waals surface area contributed by atoms with Crippen LogP contribution in [0.25, 0.3) is 10.8 Å². The van der Waals surface area contributed by atoms with Crippen LogP contribution < -0.4 is 10.6 Å². The number of fused-ring (bicyclic) bond motifs is 1. The minimum absolute atomic E-state index is 0.0914. The summed E-state index contributed by atoms with van der Waals surface area (Å²) in [5.41, 5.74) is 1.37. The van der Waals surface area contributed by atoms with Gasteiger partial charge in [0, 0.05) is 17.8 Å². The van der Waals surface area contributed by atoms with Crippen LogP contribution in [0.15, 0.2) is 60.7 Å². The SMILES string of the molecule is CCCCCCCCCCCCCCCCCNC(=O)c1ccc2cc(O)c(C(=O)Nc3ccccc3)cc2c1. The highest BCUT2D eigenvalue weighted by Crippen LogP contribution is 2.27. The number of phenolic OH excluding ortho intramolecular Hbond substituents is 1. The molecule has 3 N–H and O–H groups in total. The Hall–Kier alpha value is -3.34. The molecule has 0 saturated carbocycles. The van der Waals surface area contributed by atoms with Crippen LogP contribution in [0.1, 0.15) is 124 Å². The Kier molecular flexibility index (Phi) is 14.1. The first-order valence-corrected chi connectivity index (χ1v) is 15.5. The number of amides is 2. The molecule has 0 aromatic heterocycles. The van der Waals surface area contributed by atoms with Crippen LogP contribution in [0.2, 0.25) is 0 Å². The molecule has 0 saturated heterocycles. The van der Waals surface area contributed by atoms with E-state index in [0.29, 0.717) is 17.8 Å². The molecule has 216 valence electrons. The number of aromatic hydroxyl groups is 1. The van der Waals surface area contributed by atoms with Crippen LogP contribution in [-0.2, 0) is 0 Å². The van der Waals surface area contributed by atoms with Gasteiger partial charge < -0.3 is 15.7 Å². The Morgan fingerprint density at radius 2 is 1.20 bits per heavy atom. The van der Waals surface area contributed by atoms with Crippen molar-refractivity contribution in [2.45, 2.75) is 103 Å². The summed E-state index contributed by atoms with van der Waals surface area (Å²) in [4.78, 5) is 25.4. The van der Waals surface area contributed by atoms with E-state index in [9.17, 15) is 14.7 Å². The zero-order chi connectivity index (χ0) is 28.4. The Morgan fingerprint density at radius 3 is 1.80 bits per heavy atom. The normalized spacial score (nSPS) is 11.0. The fraction of sp³-hybridized carbons (Fsp3) is 0.486. The Labute approximate surface area is 240 Å². The molecule has 0 aliphatic rings. The van der Waals surface area contributed by atoms with Gasteiger partial charge in [0.1, 0.15) is 5.75 Å². The third kappa shape index (κ3) is 11.0. The first-order valence-electron chi connectivity index (χ1n) is 15.5. The summed E-state index contributed by atoms with van der Waals surface area (Å²) in [5, 5.41) is 17.7. The lowest BCUT2D eigenvalue weighted by molar-refractivity contribution is 0.0952. The molecule has 0 unspecified atom stereocenters. The van der Waals surface area contributed by atoms with Crippen molar-refractivity contribution < 1.29 is 14.7 Å². The van der Waals surface area contributed by atoms with Crippen molar-refractivity contribution in [1.29, 1.82) is 0 Å². The molecule has 3 aromatic rings. The number of benzene rings is 3. The average Bonchev–Trinajstić information content (AvgIpc) is 2.96. The minimum Gasteiger partial charge on any atom is -0.507 e. The molecule has 2 amide bonds. The molecule has 3 aromatic carbocycles. The summed E-state index contributed by atoms with van der Waals surface area (Å²) in [6.45, 7) is 2.93. The highest BCUT2D eigenvalue weighted by Gasteiger charge is 2.14. The van der Waals surface area contributed by atoms with Crippen molar-refractivity contribution in [2.24, 2.45) is 0 Å². The second kappa shape index (κ2) is 18.1. The van der Waals surface area contributed by atoms with E-state index in [1.54, 1.807) is 42.5 Å². The van der Waals surface area contributed by atoms with Gasteiger partial charge in [-0.05, 0) is 53.6 Å². The Bertz CT molecular complexity index is 1180. The molecular formula is C35H48N2O3. The molecule has 0 spiro atoms. The largest absolute Gasteiger partial charge is 0.507 e. The van der Waals surface area contributed by atoms with Crippen LogP contribution in [0.4, 0.5) is 5.69 Å². The van der Waals surface area contributed by atoms with Crippen LogP contribution in [0, 0.1) is 0 Å². The summed E-state index contributed by atoms with van der Waals surface area (Å²) in [6.07, 6.45) is 19.8. The average molecular weight is 545 g/mol. The third-order valence-electron chi connectivity index (χ3n) is 7.56. The molecule has 0 heterocycles.